The van der Waals surface area contributed by atoms with Crippen molar-refractivity contribution in [3.05, 3.63) is 30.1 Å². The highest BCUT2D eigenvalue weighted by molar-refractivity contribution is 7.98. The van der Waals surface area contributed by atoms with E-state index in [9.17, 15) is 0 Å². The first-order valence-electron chi connectivity index (χ1n) is 4.30. The van der Waals surface area contributed by atoms with Crippen LogP contribution >= 0.6 is 24.0 Å². The molecule has 0 saturated heterocycles. The van der Waals surface area contributed by atoms with Crippen molar-refractivity contribution >= 4 is 29.1 Å². The number of thioether (sulfide) groups is 1. The predicted octanol–water partition coefficient (Wildman–Crippen LogP) is 1.15. The third-order valence-electron chi connectivity index (χ3n) is 1.52. The van der Waals surface area contributed by atoms with E-state index in [4.69, 9.17) is 5.73 Å². The number of hydrogen-bond acceptors (Lipinski definition) is 3. The van der Waals surface area contributed by atoms with Gasteiger partial charge in [-0.25, -0.2) is 0 Å². The predicted molar refractivity (Wildman–Crippen MR) is 65.2 cm³/mol. The number of thiocarbonyl (C=S) groups is 1. The number of pyridine rings is 1. The molecule has 0 aliphatic rings. The summed E-state index contributed by atoms with van der Waals surface area (Å²) in [6, 6.07) is 5.94. The standard InChI is InChI=1S/C9H13N3S2/c10-9(13)12-5-6-14-7-8-3-1-2-4-11-8/h1-4H,5-7H2,(H3,10,12,13). The molecule has 1 rings (SSSR count). The summed E-state index contributed by atoms with van der Waals surface area (Å²) < 4.78 is 0. The van der Waals surface area contributed by atoms with Gasteiger partial charge in [-0.05, 0) is 24.4 Å². The normalized spacial score (nSPS) is 9.71. The van der Waals surface area contributed by atoms with Gasteiger partial charge in [-0.15, -0.1) is 0 Å². The Hall–Kier alpha value is -0.810. The van der Waals surface area contributed by atoms with Crippen LogP contribution in [-0.2, 0) is 5.75 Å². The first-order valence-corrected chi connectivity index (χ1v) is 5.86. The summed E-state index contributed by atoms with van der Waals surface area (Å²) in [7, 11) is 0. The maximum absolute atomic E-state index is 5.28. The minimum Gasteiger partial charge on any atom is -0.376 e. The molecular weight excluding hydrogens is 214 g/mol. The molecule has 0 fully saturated rings. The van der Waals surface area contributed by atoms with Crippen molar-refractivity contribution in [3.8, 4) is 0 Å². The fourth-order valence-electron chi connectivity index (χ4n) is 0.907. The monoisotopic (exact) mass is 227 g/mol. The molecule has 1 aromatic rings. The second-order valence-electron chi connectivity index (χ2n) is 2.66. The highest BCUT2D eigenvalue weighted by Gasteiger charge is 1.93. The molecular formula is C9H13N3S2. The summed E-state index contributed by atoms with van der Waals surface area (Å²) >= 11 is 6.49. The van der Waals surface area contributed by atoms with Crippen LogP contribution in [0.3, 0.4) is 0 Å². The Morgan fingerprint density at radius 2 is 2.43 bits per heavy atom. The first-order chi connectivity index (χ1) is 6.79. The average molecular weight is 227 g/mol. The lowest BCUT2D eigenvalue weighted by Crippen LogP contribution is -2.30. The van der Waals surface area contributed by atoms with E-state index in [2.05, 4.69) is 22.5 Å². The van der Waals surface area contributed by atoms with Gasteiger partial charge in [0.25, 0.3) is 0 Å². The molecule has 0 saturated carbocycles. The van der Waals surface area contributed by atoms with Crippen LogP contribution in [0.25, 0.3) is 0 Å². The Bertz CT molecular complexity index is 277. The van der Waals surface area contributed by atoms with Crippen molar-refractivity contribution in [1.82, 2.24) is 10.3 Å². The highest BCUT2D eigenvalue weighted by atomic mass is 32.2. The van der Waals surface area contributed by atoms with E-state index in [1.807, 2.05) is 36.2 Å². The van der Waals surface area contributed by atoms with Crippen LogP contribution in [0.2, 0.25) is 0 Å². The first kappa shape index (κ1) is 11.3. The van der Waals surface area contributed by atoms with Gasteiger partial charge in [0.2, 0.25) is 0 Å². The SMILES string of the molecule is NC(=S)NCCSCc1ccccn1. The summed E-state index contributed by atoms with van der Waals surface area (Å²) in [4.78, 5) is 4.22. The molecule has 0 spiro atoms. The second kappa shape index (κ2) is 6.62. The smallest absolute Gasteiger partial charge is 0.163 e. The topological polar surface area (TPSA) is 50.9 Å². The van der Waals surface area contributed by atoms with Crippen LogP contribution in [0.4, 0.5) is 0 Å². The number of nitrogens with zero attached hydrogens (tertiary/aromatic N) is 1. The Balaban J connectivity index is 2.08. The van der Waals surface area contributed by atoms with Gasteiger partial charge in [-0.1, -0.05) is 6.07 Å². The van der Waals surface area contributed by atoms with Crippen LogP contribution in [0, 0.1) is 0 Å². The number of nitrogens with two attached hydrogens (primary N) is 1. The quantitative estimate of drug-likeness (QED) is 0.584. The number of hydrogen-bond donors (Lipinski definition) is 2. The van der Waals surface area contributed by atoms with Crippen molar-refractivity contribution in [1.29, 1.82) is 0 Å². The molecule has 0 aliphatic carbocycles. The van der Waals surface area contributed by atoms with Crippen LogP contribution < -0.4 is 11.1 Å². The Labute approximate surface area is 93.5 Å². The van der Waals surface area contributed by atoms with Crippen molar-refractivity contribution in [2.75, 3.05) is 12.3 Å². The van der Waals surface area contributed by atoms with E-state index < -0.39 is 0 Å². The number of rotatable bonds is 5. The third kappa shape index (κ3) is 5.04. The van der Waals surface area contributed by atoms with Crippen LogP contribution in [0.15, 0.2) is 24.4 Å². The van der Waals surface area contributed by atoms with E-state index >= 15 is 0 Å². The zero-order chi connectivity index (χ0) is 10.2. The molecule has 0 radical (unpaired) electrons. The van der Waals surface area contributed by atoms with Gasteiger partial charge in [-0.2, -0.15) is 11.8 Å². The van der Waals surface area contributed by atoms with E-state index in [-0.39, 0.29) is 0 Å². The molecule has 14 heavy (non-hydrogen) atoms. The van der Waals surface area contributed by atoms with E-state index in [1.165, 1.54) is 0 Å². The Morgan fingerprint density at radius 1 is 1.57 bits per heavy atom. The molecule has 0 amide bonds. The highest BCUT2D eigenvalue weighted by Crippen LogP contribution is 2.07. The van der Waals surface area contributed by atoms with Crippen molar-refractivity contribution in [2.24, 2.45) is 5.73 Å². The lowest BCUT2D eigenvalue weighted by Gasteiger charge is -2.03. The summed E-state index contributed by atoms with van der Waals surface area (Å²) in [6.07, 6.45) is 1.81. The maximum atomic E-state index is 5.28. The third-order valence-corrected chi connectivity index (χ3v) is 2.66. The van der Waals surface area contributed by atoms with Crippen molar-refractivity contribution in [3.63, 3.8) is 0 Å². The largest absolute Gasteiger partial charge is 0.376 e. The Kier molecular flexibility index (Phi) is 5.32. The number of nitrogens with one attached hydrogen (secondary N) is 1. The van der Waals surface area contributed by atoms with Gasteiger partial charge >= 0.3 is 0 Å². The van der Waals surface area contributed by atoms with E-state index in [0.29, 0.717) is 5.11 Å². The lowest BCUT2D eigenvalue weighted by atomic mass is 10.4. The maximum Gasteiger partial charge on any atom is 0.163 e. The summed E-state index contributed by atoms with van der Waals surface area (Å²) in [5.41, 5.74) is 6.39. The average Bonchev–Trinajstić information content (AvgIpc) is 2.18. The fraction of sp³-hybridized carbons (Fsp3) is 0.333. The minimum atomic E-state index is 0.364. The molecule has 0 bridgehead atoms. The molecule has 5 heteroatoms. The van der Waals surface area contributed by atoms with Gasteiger partial charge < -0.3 is 11.1 Å². The molecule has 0 aromatic carbocycles. The van der Waals surface area contributed by atoms with E-state index in [0.717, 1.165) is 23.7 Å². The van der Waals surface area contributed by atoms with Crippen LogP contribution in [0.5, 0.6) is 0 Å². The molecule has 3 N–H and O–H groups in total. The molecule has 0 atom stereocenters. The van der Waals surface area contributed by atoms with Gasteiger partial charge in [-0.3, -0.25) is 4.98 Å². The zero-order valence-corrected chi connectivity index (χ0v) is 9.40. The molecule has 3 nitrogen and oxygen atoms in total. The summed E-state index contributed by atoms with van der Waals surface area (Å²) in [5, 5.41) is 3.26. The van der Waals surface area contributed by atoms with Gasteiger partial charge in [0, 0.05) is 24.2 Å². The van der Waals surface area contributed by atoms with Crippen LogP contribution in [-0.4, -0.2) is 22.4 Å². The van der Waals surface area contributed by atoms with Crippen LogP contribution in [0.1, 0.15) is 5.69 Å². The van der Waals surface area contributed by atoms with E-state index in [1.54, 1.807) is 0 Å². The molecule has 1 aromatic heterocycles. The summed E-state index contributed by atoms with van der Waals surface area (Å²) in [6.45, 7) is 0.812. The van der Waals surface area contributed by atoms with Gasteiger partial charge in [0.05, 0.1) is 5.69 Å². The Morgan fingerprint density at radius 3 is 3.07 bits per heavy atom. The molecule has 1 heterocycles. The fourth-order valence-corrected chi connectivity index (χ4v) is 1.78. The van der Waals surface area contributed by atoms with Crippen molar-refractivity contribution < 1.29 is 0 Å². The zero-order valence-electron chi connectivity index (χ0n) is 7.77. The lowest BCUT2D eigenvalue weighted by molar-refractivity contribution is 0.982. The second-order valence-corrected chi connectivity index (χ2v) is 4.21. The molecule has 0 aliphatic heterocycles. The molecule has 0 unspecified atom stereocenters. The summed E-state index contributed by atoms with van der Waals surface area (Å²) in [5.74, 6) is 1.91. The minimum absolute atomic E-state index is 0.364. The van der Waals surface area contributed by atoms with Crippen molar-refractivity contribution in [2.45, 2.75) is 5.75 Å². The van der Waals surface area contributed by atoms with Gasteiger partial charge in [0.1, 0.15) is 0 Å². The number of aromatic nitrogens is 1. The van der Waals surface area contributed by atoms with Gasteiger partial charge in [0.15, 0.2) is 5.11 Å². The molecule has 76 valence electrons.